The molecule has 2 heterocycles. The summed E-state index contributed by atoms with van der Waals surface area (Å²) < 4.78 is 31.3. The molecule has 0 aromatic carbocycles. The van der Waals surface area contributed by atoms with E-state index in [1.165, 1.54) is 15.5 Å². The summed E-state index contributed by atoms with van der Waals surface area (Å²) in [4.78, 5) is 19.8. The summed E-state index contributed by atoms with van der Waals surface area (Å²) in [5.74, 6) is 0.793. The fourth-order valence-electron chi connectivity index (χ4n) is 2.62. The number of amides is 1. The SMILES string of the molecule is CC(C)CNC(=NCC(=O)N(C)C)N1CCN(S(=O)(=O)Cc2ccon2)CC1.I. The molecule has 29 heavy (non-hydrogen) atoms. The first-order valence-electron chi connectivity index (χ1n) is 9.29. The number of hydrogen-bond donors (Lipinski definition) is 1. The summed E-state index contributed by atoms with van der Waals surface area (Å²) >= 11 is 0. The average Bonchev–Trinajstić information content (AvgIpc) is 3.13. The molecule has 0 atom stereocenters. The van der Waals surface area contributed by atoms with Gasteiger partial charge in [-0.05, 0) is 5.92 Å². The zero-order chi connectivity index (χ0) is 20.7. The first kappa shape index (κ1) is 25.6. The van der Waals surface area contributed by atoms with Gasteiger partial charge in [0.25, 0.3) is 0 Å². The second kappa shape index (κ2) is 11.7. The van der Waals surface area contributed by atoms with Gasteiger partial charge in [0.15, 0.2) is 5.96 Å². The van der Waals surface area contributed by atoms with Crippen LogP contribution in [0.1, 0.15) is 19.5 Å². The highest BCUT2D eigenvalue weighted by molar-refractivity contribution is 14.0. The topological polar surface area (TPSA) is 111 Å². The second-order valence-electron chi connectivity index (χ2n) is 7.34. The van der Waals surface area contributed by atoms with Crippen LogP contribution in [0, 0.1) is 5.92 Å². The van der Waals surface area contributed by atoms with Crippen molar-refractivity contribution in [3.8, 4) is 0 Å². The van der Waals surface area contributed by atoms with E-state index in [4.69, 9.17) is 4.52 Å². The van der Waals surface area contributed by atoms with Gasteiger partial charge in [-0.1, -0.05) is 19.0 Å². The molecule has 1 aromatic rings. The van der Waals surface area contributed by atoms with Gasteiger partial charge in [0.05, 0.1) is 5.69 Å². The minimum Gasteiger partial charge on any atom is -0.364 e. The lowest BCUT2D eigenvalue weighted by Gasteiger charge is -2.36. The number of piperazine rings is 1. The summed E-state index contributed by atoms with van der Waals surface area (Å²) in [7, 11) is -0.0709. The van der Waals surface area contributed by atoms with E-state index in [1.807, 2.05) is 4.90 Å². The molecule has 0 saturated carbocycles. The number of nitrogens with one attached hydrogen (secondary N) is 1. The molecule has 2 rings (SSSR count). The Morgan fingerprint density at radius 2 is 1.97 bits per heavy atom. The van der Waals surface area contributed by atoms with Crippen LogP contribution in [-0.4, -0.2) is 92.9 Å². The van der Waals surface area contributed by atoms with E-state index in [0.29, 0.717) is 43.8 Å². The Kier molecular flexibility index (Phi) is 10.3. The lowest BCUT2D eigenvalue weighted by atomic mass is 10.2. The minimum absolute atomic E-state index is 0. The molecule has 10 nitrogen and oxygen atoms in total. The molecule has 0 radical (unpaired) electrons. The highest BCUT2D eigenvalue weighted by Gasteiger charge is 2.29. The van der Waals surface area contributed by atoms with Crippen molar-refractivity contribution in [3.05, 3.63) is 18.0 Å². The van der Waals surface area contributed by atoms with Crippen molar-refractivity contribution in [1.29, 1.82) is 0 Å². The van der Waals surface area contributed by atoms with Crippen LogP contribution >= 0.6 is 24.0 Å². The smallest absolute Gasteiger partial charge is 0.243 e. The predicted molar refractivity (Wildman–Crippen MR) is 122 cm³/mol. The van der Waals surface area contributed by atoms with Gasteiger partial charge >= 0.3 is 0 Å². The van der Waals surface area contributed by atoms with Crippen LogP contribution in [0.3, 0.4) is 0 Å². The number of likely N-dealkylation sites (N-methyl/N-ethyl adjacent to an activating group) is 1. The quantitative estimate of drug-likeness (QED) is 0.302. The third-order valence-electron chi connectivity index (χ3n) is 4.28. The molecule has 0 spiro atoms. The van der Waals surface area contributed by atoms with E-state index in [1.54, 1.807) is 20.2 Å². The molecule has 0 aliphatic carbocycles. The molecule has 166 valence electrons. The van der Waals surface area contributed by atoms with E-state index in [2.05, 4.69) is 29.3 Å². The van der Waals surface area contributed by atoms with Crippen LogP contribution in [0.15, 0.2) is 21.8 Å². The molecule has 1 aliphatic heterocycles. The summed E-state index contributed by atoms with van der Waals surface area (Å²) in [6, 6.07) is 1.55. The minimum atomic E-state index is -3.45. The standard InChI is InChI=1S/C17H30N6O4S.HI/c1-14(2)11-18-17(19-12-16(24)21(3)4)22-6-8-23(9-7-22)28(25,26)13-15-5-10-27-20-15;/h5,10,14H,6-9,11-13H2,1-4H3,(H,18,19);1H. The number of hydrogen-bond acceptors (Lipinski definition) is 6. The van der Waals surface area contributed by atoms with Gasteiger partial charge in [-0.3, -0.25) is 4.79 Å². The zero-order valence-corrected chi connectivity index (χ0v) is 20.5. The van der Waals surface area contributed by atoms with Gasteiger partial charge in [-0.15, -0.1) is 24.0 Å². The molecule has 0 bridgehead atoms. The van der Waals surface area contributed by atoms with Crippen molar-refractivity contribution in [2.24, 2.45) is 10.9 Å². The monoisotopic (exact) mass is 542 g/mol. The van der Waals surface area contributed by atoms with Crippen molar-refractivity contribution < 1.29 is 17.7 Å². The largest absolute Gasteiger partial charge is 0.364 e. The maximum atomic E-state index is 12.6. The summed E-state index contributed by atoms with van der Waals surface area (Å²) in [5, 5.41) is 6.97. The summed E-state index contributed by atoms with van der Waals surface area (Å²) in [6.07, 6.45) is 1.36. The normalized spacial score (nSPS) is 15.9. The van der Waals surface area contributed by atoms with Gasteiger partial charge in [0.2, 0.25) is 15.9 Å². The number of halogens is 1. The van der Waals surface area contributed by atoms with E-state index >= 15 is 0 Å². The van der Waals surface area contributed by atoms with Gasteiger partial charge in [0, 0.05) is 52.9 Å². The van der Waals surface area contributed by atoms with Crippen LogP contribution in [0.4, 0.5) is 0 Å². The molecule has 1 fully saturated rings. The number of rotatable bonds is 7. The van der Waals surface area contributed by atoms with Gasteiger partial charge in [0.1, 0.15) is 18.6 Å². The van der Waals surface area contributed by atoms with Crippen LogP contribution in [0.2, 0.25) is 0 Å². The Morgan fingerprint density at radius 3 is 2.48 bits per heavy atom. The second-order valence-corrected chi connectivity index (χ2v) is 9.30. The molecule has 1 N–H and O–H groups in total. The number of sulfonamides is 1. The molecular formula is C17H31IN6O4S. The first-order chi connectivity index (χ1) is 13.2. The number of carbonyl (C=O) groups excluding carboxylic acids is 1. The number of guanidine groups is 1. The first-order valence-corrected chi connectivity index (χ1v) is 10.9. The fourth-order valence-corrected chi connectivity index (χ4v) is 4.04. The van der Waals surface area contributed by atoms with Crippen LogP contribution in [-0.2, 0) is 20.6 Å². The summed E-state index contributed by atoms with van der Waals surface area (Å²) in [6.45, 7) is 6.65. The fraction of sp³-hybridized carbons (Fsp3) is 0.706. The van der Waals surface area contributed by atoms with E-state index in [-0.39, 0.29) is 42.2 Å². The Bertz CT molecular complexity index is 759. The van der Waals surface area contributed by atoms with Crippen LogP contribution in [0.5, 0.6) is 0 Å². The average molecular weight is 542 g/mol. The molecule has 1 saturated heterocycles. The van der Waals surface area contributed by atoms with Crippen molar-refractivity contribution in [3.63, 3.8) is 0 Å². The molecule has 1 amide bonds. The van der Waals surface area contributed by atoms with Crippen LogP contribution in [0.25, 0.3) is 0 Å². The Morgan fingerprint density at radius 1 is 1.31 bits per heavy atom. The van der Waals surface area contributed by atoms with Crippen molar-refractivity contribution in [2.75, 3.05) is 53.4 Å². The Balaban J connectivity index is 0.00000420. The maximum Gasteiger partial charge on any atom is 0.243 e. The van der Waals surface area contributed by atoms with Gasteiger partial charge in [-0.25, -0.2) is 13.4 Å². The third kappa shape index (κ3) is 8.09. The summed E-state index contributed by atoms with van der Waals surface area (Å²) in [5.41, 5.74) is 0.394. The predicted octanol–water partition coefficient (Wildman–Crippen LogP) is 0.430. The van der Waals surface area contributed by atoms with Crippen molar-refractivity contribution >= 4 is 45.9 Å². The molecular weight excluding hydrogens is 511 g/mol. The number of aromatic nitrogens is 1. The van der Waals surface area contributed by atoms with E-state index in [0.717, 1.165) is 6.54 Å². The number of carbonyl (C=O) groups is 1. The molecule has 12 heteroatoms. The van der Waals surface area contributed by atoms with Gasteiger partial charge in [-0.2, -0.15) is 4.31 Å². The van der Waals surface area contributed by atoms with E-state index in [9.17, 15) is 13.2 Å². The maximum absolute atomic E-state index is 12.6. The number of aliphatic imine (C=N–C) groups is 1. The molecule has 0 unspecified atom stereocenters. The number of nitrogens with zero attached hydrogens (tertiary/aromatic N) is 5. The van der Waals surface area contributed by atoms with Gasteiger partial charge < -0.3 is 19.6 Å². The molecule has 1 aliphatic rings. The van der Waals surface area contributed by atoms with Crippen LogP contribution < -0.4 is 5.32 Å². The lowest BCUT2D eigenvalue weighted by Crippen LogP contribution is -2.54. The highest BCUT2D eigenvalue weighted by Crippen LogP contribution is 2.13. The Hall–Kier alpha value is -1.41. The lowest BCUT2D eigenvalue weighted by molar-refractivity contribution is -0.127. The van der Waals surface area contributed by atoms with Crippen molar-refractivity contribution in [2.45, 2.75) is 19.6 Å². The highest BCUT2D eigenvalue weighted by atomic mass is 127. The van der Waals surface area contributed by atoms with Crippen molar-refractivity contribution in [1.82, 2.24) is 24.6 Å². The third-order valence-corrected chi connectivity index (χ3v) is 6.10. The zero-order valence-electron chi connectivity index (χ0n) is 17.4. The molecule has 1 aromatic heterocycles. The van der Waals surface area contributed by atoms with E-state index < -0.39 is 10.0 Å². The Labute approximate surface area is 189 Å².